The van der Waals surface area contributed by atoms with Gasteiger partial charge in [-0.1, -0.05) is 0 Å². The van der Waals surface area contributed by atoms with Crippen LogP contribution in [0.25, 0.3) is 11.0 Å². The molecule has 0 bridgehead atoms. The van der Waals surface area contributed by atoms with Gasteiger partial charge < -0.3 is 14.0 Å². The highest BCUT2D eigenvalue weighted by Gasteiger charge is 2.21. The van der Waals surface area contributed by atoms with Crippen molar-refractivity contribution in [1.29, 1.82) is 0 Å². The second kappa shape index (κ2) is 6.68. The van der Waals surface area contributed by atoms with E-state index in [0.29, 0.717) is 24.5 Å². The van der Waals surface area contributed by atoms with Crippen LogP contribution in [-0.2, 0) is 16.0 Å². The molecule has 0 radical (unpaired) electrons. The molecule has 1 aromatic carbocycles. The second-order valence-electron chi connectivity index (χ2n) is 4.77. The number of benzene rings is 1. The van der Waals surface area contributed by atoms with Gasteiger partial charge in [-0.05, 0) is 13.0 Å². The fourth-order valence-corrected chi connectivity index (χ4v) is 2.41. The SMILES string of the molecule is COCC(Cn1c(C(C)Cl)nc2c(F)cc(F)cc21)OC. The van der Waals surface area contributed by atoms with Crippen molar-refractivity contribution in [2.75, 3.05) is 20.8 Å². The Labute approximate surface area is 126 Å². The van der Waals surface area contributed by atoms with Gasteiger partial charge >= 0.3 is 0 Å². The first-order valence-corrected chi connectivity index (χ1v) is 6.92. The van der Waals surface area contributed by atoms with E-state index in [0.717, 1.165) is 6.07 Å². The van der Waals surface area contributed by atoms with Gasteiger partial charge in [-0.25, -0.2) is 13.8 Å². The summed E-state index contributed by atoms with van der Waals surface area (Å²) >= 11 is 6.10. The number of hydrogen-bond donors (Lipinski definition) is 0. The Bertz CT molecular complexity index is 631. The monoisotopic (exact) mass is 318 g/mol. The Kier molecular flexibility index (Phi) is 5.13. The van der Waals surface area contributed by atoms with Crippen LogP contribution in [0.4, 0.5) is 8.78 Å². The number of rotatable bonds is 6. The number of fused-ring (bicyclic) bond motifs is 1. The number of methoxy groups -OCH3 is 2. The van der Waals surface area contributed by atoms with Crippen LogP contribution in [0.15, 0.2) is 12.1 Å². The molecule has 21 heavy (non-hydrogen) atoms. The summed E-state index contributed by atoms with van der Waals surface area (Å²) in [5.74, 6) is -0.895. The summed E-state index contributed by atoms with van der Waals surface area (Å²) in [4.78, 5) is 4.19. The molecule has 0 fully saturated rings. The number of hydrogen-bond acceptors (Lipinski definition) is 3. The molecule has 0 aliphatic carbocycles. The lowest BCUT2D eigenvalue weighted by Crippen LogP contribution is -2.25. The van der Waals surface area contributed by atoms with Crippen LogP contribution in [0.3, 0.4) is 0 Å². The Hall–Kier alpha value is -1.24. The smallest absolute Gasteiger partial charge is 0.153 e. The van der Waals surface area contributed by atoms with Crippen LogP contribution in [0.5, 0.6) is 0 Å². The van der Waals surface area contributed by atoms with Crippen molar-refractivity contribution in [2.45, 2.75) is 24.9 Å². The molecule has 0 N–H and O–H groups in total. The minimum atomic E-state index is -0.706. The molecule has 0 saturated heterocycles. The Morgan fingerprint density at radius 1 is 1.33 bits per heavy atom. The molecule has 2 aromatic rings. The van der Waals surface area contributed by atoms with Gasteiger partial charge in [-0.15, -0.1) is 11.6 Å². The number of halogens is 3. The molecule has 0 saturated carbocycles. The van der Waals surface area contributed by atoms with E-state index in [-0.39, 0.29) is 11.6 Å². The first kappa shape index (κ1) is 16.1. The molecule has 0 amide bonds. The highest BCUT2D eigenvalue weighted by Crippen LogP contribution is 2.27. The second-order valence-corrected chi connectivity index (χ2v) is 5.42. The van der Waals surface area contributed by atoms with Crippen LogP contribution in [0.2, 0.25) is 0 Å². The first-order chi connectivity index (χ1) is 9.97. The van der Waals surface area contributed by atoms with Crippen LogP contribution in [0.1, 0.15) is 18.1 Å². The average Bonchev–Trinajstić information content (AvgIpc) is 2.77. The highest BCUT2D eigenvalue weighted by atomic mass is 35.5. The third kappa shape index (κ3) is 3.33. The van der Waals surface area contributed by atoms with Crippen LogP contribution >= 0.6 is 11.6 Å². The van der Waals surface area contributed by atoms with Crippen molar-refractivity contribution in [1.82, 2.24) is 9.55 Å². The maximum absolute atomic E-state index is 13.9. The quantitative estimate of drug-likeness (QED) is 0.767. The molecular weight excluding hydrogens is 302 g/mol. The van der Waals surface area contributed by atoms with Gasteiger partial charge in [0, 0.05) is 20.3 Å². The van der Waals surface area contributed by atoms with Crippen molar-refractivity contribution in [3.8, 4) is 0 Å². The molecule has 0 spiro atoms. The molecule has 2 rings (SSSR count). The third-order valence-electron chi connectivity index (χ3n) is 3.23. The van der Waals surface area contributed by atoms with Crippen LogP contribution < -0.4 is 0 Å². The predicted molar refractivity (Wildman–Crippen MR) is 76.6 cm³/mol. The molecule has 2 atom stereocenters. The summed E-state index contributed by atoms with van der Waals surface area (Å²) in [5, 5.41) is -0.445. The standard InChI is InChI=1S/C14H17ClF2N2O2/c1-8(15)14-18-13-11(17)4-9(16)5-12(13)19(14)6-10(21-3)7-20-2/h4-5,8,10H,6-7H2,1-3H3. The molecule has 0 aliphatic rings. The summed E-state index contributed by atoms with van der Waals surface area (Å²) in [7, 11) is 3.11. The minimum Gasteiger partial charge on any atom is -0.382 e. The Balaban J connectivity index is 2.55. The first-order valence-electron chi connectivity index (χ1n) is 6.48. The maximum atomic E-state index is 13.9. The van der Waals surface area contributed by atoms with E-state index in [1.807, 2.05) is 0 Å². The van der Waals surface area contributed by atoms with Crippen LogP contribution in [-0.4, -0.2) is 36.5 Å². The lowest BCUT2D eigenvalue weighted by atomic mass is 10.2. The molecule has 0 aliphatic heterocycles. The lowest BCUT2D eigenvalue weighted by Gasteiger charge is -2.18. The van der Waals surface area contributed by atoms with Gasteiger partial charge in [-0.3, -0.25) is 0 Å². The zero-order chi connectivity index (χ0) is 15.6. The van der Waals surface area contributed by atoms with E-state index >= 15 is 0 Å². The number of nitrogens with zero attached hydrogens (tertiary/aromatic N) is 2. The summed E-state index contributed by atoms with van der Waals surface area (Å²) in [6, 6.07) is 2.05. The summed E-state index contributed by atoms with van der Waals surface area (Å²) in [6.07, 6.45) is -0.270. The normalized spacial score (nSPS) is 14.6. The summed E-state index contributed by atoms with van der Waals surface area (Å²) in [6.45, 7) is 2.42. The van der Waals surface area contributed by atoms with E-state index in [1.165, 1.54) is 6.07 Å². The summed E-state index contributed by atoms with van der Waals surface area (Å²) < 4.78 is 39.4. The number of aromatic nitrogens is 2. The minimum absolute atomic E-state index is 0.103. The van der Waals surface area contributed by atoms with Crippen molar-refractivity contribution in [3.63, 3.8) is 0 Å². The van der Waals surface area contributed by atoms with Gasteiger partial charge in [-0.2, -0.15) is 0 Å². The van der Waals surface area contributed by atoms with Crippen molar-refractivity contribution in [2.24, 2.45) is 0 Å². The van der Waals surface area contributed by atoms with Gasteiger partial charge in [0.2, 0.25) is 0 Å². The topological polar surface area (TPSA) is 36.3 Å². The highest BCUT2D eigenvalue weighted by molar-refractivity contribution is 6.20. The molecular formula is C14H17ClF2N2O2. The fourth-order valence-electron chi connectivity index (χ4n) is 2.25. The number of ether oxygens (including phenoxy) is 2. The molecule has 2 unspecified atom stereocenters. The summed E-state index contributed by atoms with van der Waals surface area (Å²) in [5.41, 5.74) is 0.458. The molecule has 1 heterocycles. The fraction of sp³-hybridized carbons (Fsp3) is 0.500. The molecule has 1 aromatic heterocycles. The number of imidazole rings is 1. The van der Waals surface area contributed by atoms with E-state index in [9.17, 15) is 8.78 Å². The molecule has 7 heteroatoms. The zero-order valence-electron chi connectivity index (χ0n) is 12.1. The predicted octanol–water partition coefficient (Wildman–Crippen LogP) is 3.28. The van der Waals surface area contributed by atoms with Gasteiger partial charge in [0.25, 0.3) is 0 Å². The maximum Gasteiger partial charge on any atom is 0.153 e. The number of alkyl halides is 1. The molecule has 4 nitrogen and oxygen atoms in total. The third-order valence-corrected chi connectivity index (χ3v) is 3.42. The largest absolute Gasteiger partial charge is 0.382 e. The Morgan fingerprint density at radius 3 is 2.62 bits per heavy atom. The van der Waals surface area contributed by atoms with E-state index in [1.54, 1.807) is 25.7 Å². The van der Waals surface area contributed by atoms with Crippen molar-refractivity contribution in [3.05, 3.63) is 29.6 Å². The Morgan fingerprint density at radius 2 is 2.05 bits per heavy atom. The van der Waals surface area contributed by atoms with Crippen molar-refractivity contribution >= 4 is 22.6 Å². The zero-order valence-corrected chi connectivity index (χ0v) is 12.8. The van der Waals surface area contributed by atoms with E-state index in [4.69, 9.17) is 21.1 Å². The molecule has 116 valence electrons. The van der Waals surface area contributed by atoms with Gasteiger partial charge in [0.1, 0.15) is 17.2 Å². The lowest BCUT2D eigenvalue weighted by molar-refractivity contribution is 0.0185. The van der Waals surface area contributed by atoms with Gasteiger partial charge in [0.05, 0.1) is 30.1 Å². The average molecular weight is 319 g/mol. The van der Waals surface area contributed by atoms with E-state index in [2.05, 4.69) is 4.98 Å². The van der Waals surface area contributed by atoms with E-state index < -0.39 is 17.0 Å². The van der Waals surface area contributed by atoms with Crippen LogP contribution in [0, 0.1) is 11.6 Å². The van der Waals surface area contributed by atoms with Crippen molar-refractivity contribution < 1.29 is 18.3 Å². The van der Waals surface area contributed by atoms with Gasteiger partial charge in [0.15, 0.2) is 5.82 Å².